The Morgan fingerprint density at radius 1 is 1.02 bits per heavy atom. The molecule has 3 rings (SSSR count). The molecule has 0 saturated carbocycles. The lowest BCUT2D eigenvalue weighted by Gasteiger charge is -2.24. The lowest BCUT2D eigenvalue weighted by Crippen LogP contribution is -2.57. The van der Waals surface area contributed by atoms with Crippen LogP contribution in [-0.2, 0) is 53.7 Å². The van der Waals surface area contributed by atoms with Crippen molar-refractivity contribution < 1.29 is 61.9 Å². The molecule has 2 aromatic rings. The van der Waals surface area contributed by atoms with Gasteiger partial charge >= 0.3 is 25.6 Å². The van der Waals surface area contributed by atoms with Gasteiger partial charge in [-0.15, -0.1) is 0 Å². The molecule has 1 aliphatic heterocycles. The van der Waals surface area contributed by atoms with Crippen molar-refractivity contribution >= 4 is 55.8 Å². The summed E-state index contributed by atoms with van der Waals surface area (Å²) < 4.78 is 33.0. The zero-order chi connectivity index (χ0) is 44.4. The Kier molecular flexibility index (Phi) is 19.9. The van der Waals surface area contributed by atoms with Gasteiger partial charge in [0.25, 0.3) is 5.56 Å². The molecule has 0 aliphatic carbocycles. The van der Waals surface area contributed by atoms with Gasteiger partial charge in [-0.1, -0.05) is 30.3 Å². The normalized spacial score (nSPS) is 18.2. The molecule has 0 radical (unpaired) electrons. The number of rotatable bonds is 24. The van der Waals surface area contributed by atoms with Crippen LogP contribution in [-0.4, -0.2) is 124 Å². The number of methoxy groups -OCH3 is 1. The Bertz CT molecular complexity index is 1950. The summed E-state index contributed by atoms with van der Waals surface area (Å²) in [5.74, 6) is -2.24. The number of nitrogens with one attached hydrogen (secondary N) is 6. The van der Waals surface area contributed by atoms with Crippen LogP contribution in [0.1, 0.15) is 56.4 Å². The van der Waals surface area contributed by atoms with Crippen molar-refractivity contribution in [1.29, 1.82) is 0 Å². The standard InChI is InChI=1S/C36H52N7O15PS/c1-21-18-43(35(50)42-30(21)45)29-17-27(28(57-29)19-56-59(52,53)54)58-36(51)37-14-9-8-12-25(40-32(47)24(38-20-44)13-15-60-4)33(48)39-22(2)31(46)41-26(34(49)55-3)16-23-10-6-5-7-11-23/h5-7,10-11,18,20,22,24-29H,8-9,12-17,19H2,1-4H3,(H,37,51)(H,38,44)(H,39,48)(H,40,47)(H,41,46)(H,42,45,50)(H2,52,53,54)/t22-,24-,25-,26-,27-,28+,29+/m0/s1. The van der Waals surface area contributed by atoms with Crippen LogP contribution in [0.4, 0.5) is 4.79 Å². The molecule has 0 bridgehead atoms. The number of alkyl carbamates (subject to hydrolysis) is 1. The number of carbonyl (C=O) groups is 6. The van der Waals surface area contributed by atoms with Crippen molar-refractivity contribution in [3.63, 3.8) is 0 Å². The molecule has 2 heterocycles. The van der Waals surface area contributed by atoms with E-state index < -0.39 is 98.1 Å². The first-order valence-corrected chi connectivity index (χ1v) is 21.7. The number of unbranched alkanes of at least 4 members (excludes halogenated alkanes) is 1. The largest absolute Gasteiger partial charge is 0.469 e. The van der Waals surface area contributed by atoms with Crippen LogP contribution < -0.4 is 37.8 Å². The Morgan fingerprint density at radius 3 is 2.35 bits per heavy atom. The number of esters is 1. The van der Waals surface area contributed by atoms with Crippen LogP contribution in [0.3, 0.4) is 0 Å². The monoisotopic (exact) mass is 885 g/mol. The van der Waals surface area contributed by atoms with Crippen LogP contribution in [0.25, 0.3) is 0 Å². The first kappa shape index (κ1) is 49.3. The van der Waals surface area contributed by atoms with Gasteiger partial charge in [0, 0.05) is 31.1 Å². The maximum absolute atomic E-state index is 13.6. The van der Waals surface area contributed by atoms with E-state index in [1.807, 2.05) is 6.26 Å². The summed E-state index contributed by atoms with van der Waals surface area (Å²) in [6.07, 6.45) is -0.236. The van der Waals surface area contributed by atoms with Crippen molar-refractivity contribution in [2.45, 2.75) is 95.0 Å². The Morgan fingerprint density at radius 2 is 1.70 bits per heavy atom. The van der Waals surface area contributed by atoms with E-state index in [4.69, 9.17) is 14.2 Å². The summed E-state index contributed by atoms with van der Waals surface area (Å²) in [6, 6.07) is 4.52. The number of hydrogen-bond acceptors (Lipinski definition) is 14. The number of aromatic amines is 1. The van der Waals surface area contributed by atoms with Crippen molar-refractivity contribution in [2.75, 3.05) is 32.3 Å². The average Bonchev–Trinajstić information content (AvgIpc) is 3.60. The van der Waals surface area contributed by atoms with Gasteiger partial charge in [-0.3, -0.25) is 38.0 Å². The minimum atomic E-state index is -4.96. The highest BCUT2D eigenvalue weighted by Gasteiger charge is 2.41. The molecule has 1 saturated heterocycles. The molecule has 60 heavy (non-hydrogen) atoms. The van der Waals surface area contributed by atoms with Gasteiger partial charge in [-0.25, -0.2) is 18.9 Å². The molecule has 8 N–H and O–H groups in total. The fourth-order valence-electron chi connectivity index (χ4n) is 5.97. The zero-order valence-electron chi connectivity index (χ0n) is 33.5. The number of nitrogens with zero attached hydrogens (tertiary/aromatic N) is 1. The number of hydrogen-bond donors (Lipinski definition) is 8. The minimum Gasteiger partial charge on any atom is -0.467 e. The number of amides is 5. The van der Waals surface area contributed by atoms with Crippen molar-refractivity contribution in [2.24, 2.45) is 0 Å². The SMILES string of the molecule is COC(=O)[C@H](Cc1ccccc1)NC(=O)[C@H](C)NC(=O)[C@H](CCCCNC(=O)O[C@H]1C[C@H](n2cc(C)c(=O)[nH]c2=O)O[C@@H]1COP(=O)(O)O)NC(=O)[C@H](CCSC)NC=O. The molecular weight excluding hydrogens is 833 g/mol. The highest BCUT2D eigenvalue weighted by atomic mass is 32.2. The summed E-state index contributed by atoms with van der Waals surface area (Å²) in [7, 11) is -3.78. The second kappa shape index (κ2) is 24.3. The van der Waals surface area contributed by atoms with Crippen LogP contribution in [0.2, 0.25) is 0 Å². The Labute approximate surface area is 348 Å². The van der Waals surface area contributed by atoms with Gasteiger partial charge in [0.1, 0.15) is 42.6 Å². The fourth-order valence-corrected chi connectivity index (χ4v) is 6.78. The highest BCUT2D eigenvalue weighted by molar-refractivity contribution is 7.98. The molecule has 0 unspecified atom stereocenters. The second-order valence-electron chi connectivity index (χ2n) is 13.7. The first-order valence-electron chi connectivity index (χ1n) is 18.8. The maximum atomic E-state index is 13.6. The fraction of sp³-hybridized carbons (Fsp3) is 0.556. The number of aryl methyl sites for hydroxylation is 1. The summed E-state index contributed by atoms with van der Waals surface area (Å²) >= 11 is 1.45. The summed E-state index contributed by atoms with van der Waals surface area (Å²) in [5, 5.41) is 12.8. The van der Waals surface area contributed by atoms with Crippen molar-refractivity contribution in [1.82, 2.24) is 36.1 Å². The van der Waals surface area contributed by atoms with Crippen LogP contribution in [0.5, 0.6) is 0 Å². The van der Waals surface area contributed by atoms with E-state index in [2.05, 4.69) is 36.1 Å². The number of benzene rings is 1. The van der Waals surface area contributed by atoms with Crippen molar-refractivity contribution in [3.8, 4) is 0 Å². The van der Waals surface area contributed by atoms with E-state index in [1.54, 1.807) is 30.3 Å². The number of ether oxygens (including phenoxy) is 3. The van der Waals surface area contributed by atoms with E-state index in [0.29, 0.717) is 12.2 Å². The first-order chi connectivity index (χ1) is 28.5. The number of phosphoric ester groups is 1. The third-order valence-electron chi connectivity index (χ3n) is 9.16. The number of phosphoric acid groups is 1. The predicted octanol–water partition coefficient (Wildman–Crippen LogP) is -0.735. The number of aromatic nitrogens is 2. The number of thioether (sulfide) groups is 1. The average molecular weight is 886 g/mol. The van der Waals surface area contributed by atoms with Gasteiger partial charge in [-0.05, 0) is 57.1 Å². The van der Waals surface area contributed by atoms with Crippen molar-refractivity contribution in [3.05, 3.63) is 68.5 Å². The van der Waals surface area contributed by atoms with Gasteiger partial charge < -0.3 is 50.6 Å². The third kappa shape index (κ3) is 16.2. The van der Waals surface area contributed by atoms with E-state index in [-0.39, 0.29) is 50.6 Å². The summed E-state index contributed by atoms with van der Waals surface area (Å²) in [6.45, 7) is 2.14. The zero-order valence-corrected chi connectivity index (χ0v) is 35.2. The lowest BCUT2D eigenvalue weighted by molar-refractivity contribution is -0.145. The van der Waals surface area contributed by atoms with Gasteiger partial charge in [0.2, 0.25) is 24.1 Å². The highest BCUT2D eigenvalue weighted by Crippen LogP contribution is 2.38. The molecule has 1 aromatic carbocycles. The van der Waals surface area contributed by atoms with E-state index in [9.17, 15) is 52.7 Å². The third-order valence-corrected chi connectivity index (χ3v) is 10.3. The predicted molar refractivity (Wildman–Crippen MR) is 214 cm³/mol. The summed E-state index contributed by atoms with van der Waals surface area (Å²) in [5.41, 5.74) is -0.509. The van der Waals surface area contributed by atoms with Gasteiger partial charge in [-0.2, -0.15) is 11.8 Å². The molecule has 5 amide bonds. The second-order valence-corrected chi connectivity index (χ2v) is 15.9. The summed E-state index contributed by atoms with van der Waals surface area (Å²) in [4.78, 5) is 121. The molecule has 7 atom stereocenters. The molecule has 1 aromatic heterocycles. The van der Waals surface area contributed by atoms with E-state index in [1.165, 1.54) is 38.9 Å². The molecule has 24 heteroatoms. The van der Waals surface area contributed by atoms with Crippen LogP contribution in [0.15, 0.2) is 46.1 Å². The molecule has 332 valence electrons. The number of carbonyl (C=O) groups excluding carboxylic acids is 6. The maximum Gasteiger partial charge on any atom is 0.469 e. The molecular formula is C36H52N7O15PS. The van der Waals surface area contributed by atoms with E-state index in [0.717, 1.165) is 10.1 Å². The van der Waals surface area contributed by atoms with E-state index >= 15 is 0 Å². The molecule has 22 nitrogen and oxygen atoms in total. The lowest BCUT2D eigenvalue weighted by atomic mass is 10.1. The van der Waals surface area contributed by atoms with Gasteiger partial charge in [0.05, 0.1) is 13.7 Å². The van der Waals surface area contributed by atoms with Crippen LogP contribution >= 0.6 is 19.6 Å². The minimum absolute atomic E-state index is 0.00146. The Hall–Kier alpha value is -5.06. The molecule has 0 spiro atoms. The topological polar surface area (TPSA) is 312 Å². The van der Waals surface area contributed by atoms with Gasteiger partial charge in [0.15, 0.2) is 0 Å². The Balaban J connectivity index is 1.63. The molecule has 1 fully saturated rings. The molecule has 1 aliphatic rings. The number of H-pyrrole nitrogens is 1. The van der Waals surface area contributed by atoms with Crippen LogP contribution in [0, 0.1) is 6.92 Å². The smallest absolute Gasteiger partial charge is 0.467 e. The quantitative estimate of drug-likeness (QED) is 0.0279.